The Balaban J connectivity index is 1.56. The zero-order valence-electron chi connectivity index (χ0n) is 21.1. The van der Waals surface area contributed by atoms with Crippen LogP contribution in [-0.2, 0) is 20.9 Å². The fourth-order valence-corrected chi connectivity index (χ4v) is 3.95. The molecule has 12 heteroatoms. The van der Waals surface area contributed by atoms with Gasteiger partial charge in [0.05, 0.1) is 24.4 Å². The van der Waals surface area contributed by atoms with E-state index < -0.39 is 11.8 Å². The maximum atomic E-state index is 12.3. The summed E-state index contributed by atoms with van der Waals surface area (Å²) in [6, 6.07) is 17.1. The number of hydrazone groups is 1. The van der Waals surface area contributed by atoms with Gasteiger partial charge in [-0.25, -0.2) is 5.43 Å². The van der Waals surface area contributed by atoms with Crippen molar-refractivity contribution < 1.29 is 28.6 Å². The molecule has 0 spiro atoms. The first-order valence-corrected chi connectivity index (χ1v) is 12.8. The molecule has 3 rings (SSSR count). The van der Waals surface area contributed by atoms with Gasteiger partial charge in [-0.05, 0) is 76.4 Å². The normalized spacial score (nSPS) is 10.6. The molecule has 0 aliphatic carbocycles. The van der Waals surface area contributed by atoms with Gasteiger partial charge in [0.1, 0.15) is 5.75 Å². The van der Waals surface area contributed by atoms with Crippen LogP contribution in [0.3, 0.4) is 0 Å². The van der Waals surface area contributed by atoms with E-state index in [1.54, 1.807) is 74.7 Å². The average Bonchev–Trinajstić information content (AvgIpc) is 2.91. The fraction of sp³-hybridized carbons (Fsp3) is 0.185. The maximum Gasteiger partial charge on any atom is 0.329 e. The van der Waals surface area contributed by atoms with Crippen LogP contribution in [0.15, 0.2) is 70.2 Å². The summed E-state index contributed by atoms with van der Waals surface area (Å²) in [5.41, 5.74) is 4.08. The SMILES string of the molecule is CCOc1cc(/C=N\NC(=O)C(=O)NCc2ccc(OC)cc2)cc(Br)c1OCC(=O)Nc1cccc(Cl)c1. The van der Waals surface area contributed by atoms with Crippen LogP contribution in [0.4, 0.5) is 5.69 Å². The Morgan fingerprint density at radius 2 is 1.79 bits per heavy atom. The third kappa shape index (κ3) is 9.31. The molecule has 0 bridgehead atoms. The fourth-order valence-electron chi connectivity index (χ4n) is 3.19. The highest BCUT2D eigenvalue weighted by atomic mass is 79.9. The third-order valence-corrected chi connectivity index (χ3v) is 5.81. The Bertz CT molecular complexity index is 1350. The van der Waals surface area contributed by atoms with Crippen molar-refractivity contribution in [1.29, 1.82) is 0 Å². The van der Waals surface area contributed by atoms with Crippen LogP contribution in [0, 0.1) is 0 Å². The molecule has 0 fully saturated rings. The molecule has 0 saturated heterocycles. The number of hydrogen-bond acceptors (Lipinski definition) is 7. The van der Waals surface area contributed by atoms with Crippen molar-refractivity contribution in [3.05, 3.63) is 81.3 Å². The molecule has 0 saturated carbocycles. The molecule has 0 unspecified atom stereocenters. The van der Waals surface area contributed by atoms with Gasteiger partial charge in [-0.3, -0.25) is 14.4 Å². The summed E-state index contributed by atoms with van der Waals surface area (Å²) in [4.78, 5) is 36.5. The number of amides is 3. The summed E-state index contributed by atoms with van der Waals surface area (Å²) >= 11 is 9.36. The highest BCUT2D eigenvalue weighted by Crippen LogP contribution is 2.36. The Hall–Kier alpha value is -4.09. The molecular formula is C27H26BrClN4O6. The standard InChI is InChI=1S/C27H26BrClN4O6/c1-3-38-23-12-18(11-22(28)25(23)39-16-24(34)32-20-6-4-5-19(29)13-20)15-31-33-27(36)26(35)30-14-17-7-9-21(37-2)10-8-17/h4-13,15H,3,14,16H2,1-2H3,(H,30,35)(H,32,34)(H,33,36)/b31-15-. The Kier molecular flexibility index (Phi) is 11.1. The van der Waals surface area contributed by atoms with Crippen molar-refractivity contribution in [1.82, 2.24) is 10.7 Å². The van der Waals surface area contributed by atoms with Gasteiger partial charge in [-0.1, -0.05) is 29.8 Å². The van der Waals surface area contributed by atoms with Crippen molar-refractivity contribution in [3.8, 4) is 17.2 Å². The minimum Gasteiger partial charge on any atom is -0.497 e. The van der Waals surface area contributed by atoms with Crippen LogP contribution in [-0.4, -0.2) is 44.3 Å². The first-order chi connectivity index (χ1) is 18.8. The number of nitrogens with zero attached hydrogens (tertiary/aromatic N) is 1. The van der Waals surface area contributed by atoms with Crippen molar-refractivity contribution in [3.63, 3.8) is 0 Å². The Morgan fingerprint density at radius 3 is 2.49 bits per heavy atom. The molecule has 10 nitrogen and oxygen atoms in total. The lowest BCUT2D eigenvalue weighted by molar-refractivity contribution is -0.139. The van der Waals surface area contributed by atoms with E-state index in [1.165, 1.54) is 6.21 Å². The van der Waals surface area contributed by atoms with Crippen LogP contribution >= 0.6 is 27.5 Å². The minimum absolute atomic E-state index is 0.170. The second kappa shape index (κ2) is 14.7. The van der Waals surface area contributed by atoms with E-state index in [9.17, 15) is 14.4 Å². The highest BCUT2D eigenvalue weighted by molar-refractivity contribution is 9.10. The minimum atomic E-state index is -0.922. The van der Waals surface area contributed by atoms with Gasteiger partial charge in [0.15, 0.2) is 18.1 Å². The van der Waals surface area contributed by atoms with Gasteiger partial charge < -0.3 is 24.8 Å². The predicted molar refractivity (Wildman–Crippen MR) is 151 cm³/mol. The molecule has 3 N–H and O–H groups in total. The van der Waals surface area contributed by atoms with E-state index in [0.29, 0.717) is 44.6 Å². The number of ether oxygens (including phenoxy) is 3. The quantitative estimate of drug-likeness (QED) is 0.167. The van der Waals surface area contributed by atoms with Crippen molar-refractivity contribution in [2.75, 3.05) is 25.6 Å². The summed E-state index contributed by atoms with van der Waals surface area (Å²) in [5, 5.41) is 9.57. The smallest absolute Gasteiger partial charge is 0.329 e. The molecule has 0 aromatic heterocycles. The van der Waals surface area contributed by atoms with Crippen molar-refractivity contribution in [2.45, 2.75) is 13.5 Å². The van der Waals surface area contributed by atoms with Crippen molar-refractivity contribution in [2.24, 2.45) is 5.10 Å². The Morgan fingerprint density at radius 1 is 1.03 bits per heavy atom. The summed E-state index contributed by atoms with van der Waals surface area (Å²) < 4.78 is 16.9. The lowest BCUT2D eigenvalue weighted by Gasteiger charge is -2.14. The molecule has 0 aliphatic heterocycles. The Labute approximate surface area is 238 Å². The zero-order valence-corrected chi connectivity index (χ0v) is 23.5. The van der Waals surface area contributed by atoms with E-state index in [2.05, 4.69) is 37.1 Å². The summed E-state index contributed by atoms with van der Waals surface area (Å²) in [6.07, 6.45) is 1.34. The number of carbonyl (C=O) groups is 3. The summed E-state index contributed by atoms with van der Waals surface area (Å²) in [6.45, 7) is 2.03. The molecule has 0 radical (unpaired) electrons. The number of halogens is 2. The average molecular weight is 618 g/mol. The molecule has 3 aromatic carbocycles. The van der Waals surface area contributed by atoms with E-state index in [1.807, 2.05) is 0 Å². The number of rotatable bonds is 11. The van der Waals surface area contributed by atoms with E-state index >= 15 is 0 Å². The lowest BCUT2D eigenvalue weighted by Crippen LogP contribution is -2.37. The number of carbonyl (C=O) groups excluding carboxylic acids is 3. The molecule has 39 heavy (non-hydrogen) atoms. The van der Waals surface area contributed by atoms with Gasteiger partial charge in [-0.15, -0.1) is 0 Å². The molecule has 0 aliphatic rings. The number of benzene rings is 3. The van der Waals surface area contributed by atoms with Gasteiger partial charge in [-0.2, -0.15) is 5.10 Å². The molecule has 0 atom stereocenters. The van der Waals surface area contributed by atoms with Crippen LogP contribution in [0.2, 0.25) is 5.02 Å². The lowest BCUT2D eigenvalue weighted by atomic mass is 10.2. The summed E-state index contributed by atoms with van der Waals surface area (Å²) in [5.74, 6) is -0.779. The first-order valence-electron chi connectivity index (χ1n) is 11.7. The topological polar surface area (TPSA) is 127 Å². The summed E-state index contributed by atoms with van der Waals surface area (Å²) in [7, 11) is 1.56. The van der Waals surface area contributed by atoms with Gasteiger partial charge in [0.25, 0.3) is 5.91 Å². The predicted octanol–water partition coefficient (Wildman–Crippen LogP) is 4.29. The maximum absolute atomic E-state index is 12.3. The van der Waals surface area contributed by atoms with Crippen molar-refractivity contribution >= 4 is 57.2 Å². The van der Waals surface area contributed by atoms with Gasteiger partial charge in [0, 0.05) is 17.3 Å². The molecule has 3 aromatic rings. The van der Waals surface area contributed by atoms with E-state index in [-0.39, 0.29) is 19.1 Å². The monoisotopic (exact) mass is 616 g/mol. The molecule has 0 heterocycles. The van der Waals surface area contributed by atoms with E-state index in [4.69, 9.17) is 25.8 Å². The zero-order chi connectivity index (χ0) is 28.2. The van der Waals surface area contributed by atoms with Crippen LogP contribution in [0.1, 0.15) is 18.1 Å². The largest absolute Gasteiger partial charge is 0.497 e. The van der Waals surface area contributed by atoms with Gasteiger partial charge in [0.2, 0.25) is 0 Å². The van der Waals surface area contributed by atoms with Crippen LogP contribution in [0.25, 0.3) is 0 Å². The molecule has 204 valence electrons. The number of methoxy groups -OCH3 is 1. The number of hydrogen-bond donors (Lipinski definition) is 3. The van der Waals surface area contributed by atoms with E-state index in [0.717, 1.165) is 5.56 Å². The second-order valence-corrected chi connectivity index (χ2v) is 9.13. The molecular weight excluding hydrogens is 592 g/mol. The van der Waals surface area contributed by atoms with Crippen LogP contribution < -0.4 is 30.3 Å². The molecule has 3 amide bonds. The number of nitrogens with one attached hydrogen (secondary N) is 3. The van der Waals surface area contributed by atoms with Crippen LogP contribution in [0.5, 0.6) is 17.2 Å². The second-order valence-electron chi connectivity index (χ2n) is 7.84. The first kappa shape index (κ1) is 29.5. The third-order valence-electron chi connectivity index (χ3n) is 4.99. The number of anilines is 1. The highest BCUT2D eigenvalue weighted by Gasteiger charge is 2.15. The van der Waals surface area contributed by atoms with Gasteiger partial charge >= 0.3 is 11.8 Å².